The smallest absolute Gasteiger partial charge is 0.406 e. The minimum atomic E-state index is -4.78. The van der Waals surface area contributed by atoms with Crippen LogP contribution in [0.3, 0.4) is 0 Å². The molecule has 0 bridgehead atoms. The van der Waals surface area contributed by atoms with E-state index in [1.165, 1.54) is 29.3 Å². The molecule has 3 N–H and O–H groups in total. The molecule has 5 nitrogen and oxygen atoms in total. The number of hydrogen-bond donors (Lipinski definition) is 2. The lowest BCUT2D eigenvalue weighted by Gasteiger charge is -2.30. The van der Waals surface area contributed by atoms with E-state index in [4.69, 9.17) is 35.0 Å². The predicted molar refractivity (Wildman–Crippen MR) is 113 cm³/mol. The maximum absolute atomic E-state index is 12.5. The third-order valence-electron chi connectivity index (χ3n) is 4.10. The van der Waals surface area contributed by atoms with Crippen LogP contribution < -0.4 is 15.8 Å². The van der Waals surface area contributed by atoms with Gasteiger partial charge in [0, 0.05) is 11.0 Å². The van der Waals surface area contributed by atoms with Crippen LogP contribution in [0.1, 0.15) is 11.1 Å². The third kappa shape index (κ3) is 4.53. The zero-order valence-electron chi connectivity index (χ0n) is 14.7. The Morgan fingerprint density at radius 3 is 2.38 bits per heavy atom. The Bertz CT molecular complexity index is 927. The number of ether oxygens (including phenoxy) is 1. The second-order valence-electron chi connectivity index (χ2n) is 5.98. The monoisotopic (exact) mass is 505 g/mol. The molecule has 0 radical (unpaired) electrons. The van der Waals surface area contributed by atoms with Gasteiger partial charge in [0.25, 0.3) is 0 Å². The Morgan fingerprint density at radius 2 is 1.79 bits per heavy atom. The van der Waals surface area contributed by atoms with Gasteiger partial charge < -0.3 is 15.8 Å². The molecule has 2 aromatic carbocycles. The molecule has 0 aromatic heterocycles. The van der Waals surface area contributed by atoms with Crippen LogP contribution in [0, 0.1) is 0 Å². The van der Waals surface area contributed by atoms with Crippen molar-refractivity contribution in [1.82, 2.24) is 10.4 Å². The molecule has 154 valence electrons. The van der Waals surface area contributed by atoms with Crippen molar-refractivity contribution in [3.05, 3.63) is 64.1 Å². The van der Waals surface area contributed by atoms with E-state index in [-0.39, 0.29) is 24.0 Å². The molecule has 0 aliphatic carbocycles. The topological polar surface area (TPSA) is 59.8 Å². The van der Waals surface area contributed by atoms with Gasteiger partial charge in [-0.2, -0.15) is 5.06 Å². The average molecular weight is 506 g/mol. The number of nitrogens with zero attached hydrogens (tertiary/aromatic N) is 1. The van der Waals surface area contributed by atoms with Crippen molar-refractivity contribution in [1.29, 1.82) is 0 Å². The number of nitrogens with one attached hydrogen (secondary N) is 1. The van der Waals surface area contributed by atoms with Crippen LogP contribution in [-0.2, 0) is 10.4 Å². The van der Waals surface area contributed by atoms with Gasteiger partial charge in [0.2, 0.25) is 0 Å². The average Bonchev–Trinajstić information content (AvgIpc) is 2.90. The van der Waals surface area contributed by atoms with E-state index in [0.717, 1.165) is 10.0 Å². The molecule has 29 heavy (non-hydrogen) atoms. The number of nitrogens with two attached hydrogens (primary N) is 1. The highest BCUT2D eigenvalue weighted by Crippen LogP contribution is 2.39. The summed E-state index contributed by atoms with van der Waals surface area (Å²) in [6.07, 6.45) is -4.78. The summed E-state index contributed by atoms with van der Waals surface area (Å²) < 4.78 is 42.3. The van der Waals surface area contributed by atoms with Gasteiger partial charge in [0.15, 0.2) is 5.11 Å². The molecular formula is C18H15BrF3N3O2S2. The van der Waals surface area contributed by atoms with Crippen LogP contribution in [0.5, 0.6) is 5.75 Å². The minimum absolute atomic E-state index is 0.189. The standard InChI is InChI=1S/C18H15BrF3N3O2S2/c19-13-3-1-2-12(10-13)17(15(28)25(16(29)24-17)26-9-8-23)11-4-6-14(7-5-11)27-18(20,21)22/h1-7,10H,8-9,23H2,(H,24,29). The lowest BCUT2D eigenvalue weighted by molar-refractivity contribution is -0.274. The van der Waals surface area contributed by atoms with Crippen molar-refractivity contribution < 1.29 is 22.7 Å². The van der Waals surface area contributed by atoms with Gasteiger partial charge in [0.05, 0.1) is 6.61 Å². The van der Waals surface area contributed by atoms with E-state index < -0.39 is 11.9 Å². The summed E-state index contributed by atoms with van der Waals surface area (Å²) in [6.45, 7) is 0.448. The van der Waals surface area contributed by atoms with E-state index in [0.29, 0.717) is 10.6 Å². The Kier molecular flexibility index (Phi) is 6.44. The zero-order chi connectivity index (χ0) is 21.2. The van der Waals surface area contributed by atoms with Crippen LogP contribution in [0.2, 0.25) is 0 Å². The summed E-state index contributed by atoms with van der Waals surface area (Å²) in [4.78, 5) is 5.86. The molecule has 2 aromatic rings. The number of thiocarbonyl (C=S) groups is 2. The number of hydroxylamine groups is 2. The van der Waals surface area contributed by atoms with Crippen molar-refractivity contribution >= 4 is 50.5 Å². The SMILES string of the molecule is NCCON1C(=S)NC(c2ccc(OC(F)(F)F)cc2)(c2cccc(Br)c2)C1=S. The molecule has 0 amide bonds. The van der Waals surface area contributed by atoms with Gasteiger partial charge in [-0.15, -0.1) is 13.2 Å². The number of rotatable bonds is 6. The van der Waals surface area contributed by atoms with Crippen LogP contribution >= 0.6 is 40.4 Å². The highest BCUT2D eigenvalue weighted by Gasteiger charge is 2.50. The number of hydrogen-bond acceptors (Lipinski definition) is 5. The molecule has 0 saturated carbocycles. The summed E-state index contributed by atoms with van der Waals surface area (Å²) in [5, 5.41) is 4.70. The van der Waals surface area contributed by atoms with Crippen LogP contribution in [0.25, 0.3) is 0 Å². The Hall–Kier alpha value is -1.79. The summed E-state index contributed by atoms with van der Waals surface area (Å²) >= 11 is 14.5. The highest BCUT2D eigenvalue weighted by atomic mass is 79.9. The summed E-state index contributed by atoms with van der Waals surface area (Å²) in [5.74, 6) is -0.339. The van der Waals surface area contributed by atoms with Gasteiger partial charge in [-0.3, -0.25) is 4.84 Å². The van der Waals surface area contributed by atoms with E-state index in [2.05, 4.69) is 26.0 Å². The number of halogens is 4. The molecular weight excluding hydrogens is 491 g/mol. The van der Waals surface area contributed by atoms with Gasteiger partial charge in [-0.25, -0.2) is 0 Å². The van der Waals surface area contributed by atoms with E-state index >= 15 is 0 Å². The lowest BCUT2D eigenvalue weighted by atomic mass is 9.83. The molecule has 1 aliphatic rings. The first-order chi connectivity index (χ1) is 13.7. The first-order valence-corrected chi connectivity index (χ1v) is 9.90. The van der Waals surface area contributed by atoms with E-state index in [9.17, 15) is 13.2 Å². The first-order valence-electron chi connectivity index (χ1n) is 8.29. The van der Waals surface area contributed by atoms with Gasteiger partial charge in [-0.05, 0) is 47.6 Å². The minimum Gasteiger partial charge on any atom is -0.406 e. The maximum Gasteiger partial charge on any atom is 0.573 e. The largest absolute Gasteiger partial charge is 0.573 e. The second kappa shape index (κ2) is 8.52. The second-order valence-corrected chi connectivity index (χ2v) is 7.67. The molecule has 1 atom stereocenters. The number of alkyl halides is 3. The van der Waals surface area contributed by atoms with E-state index in [1.54, 1.807) is 0 Å². The predicted octanol–water partition coefficient (Wildman–Crippen LogP) is 4.00. The van der Waals surface area contributed by atoms with Crippen molar-refractivity contribution in [2.24, 2.45) is 5.73 Å². The molecule has 1 heterocycles. The molecule has 3 rings (SSSR count). The Morgan fingerprint density at radius 1 is 1.10 bits per heavy atom. The fraction of sp³-hybridized carbons (Fsp3) is 0.222. The van der Waals surface area contributed by atoms with Gasteiger partial charge >= 0.3 is 6.36 Å². The quantitative estimate of drug-likeness (QED) is 0.575. The van der Waals surface area contributed by atoms with E-state index in [1.807, 2.05) is 24.3 Å². The molecule has 0 spiro atoms. The van der Waals surface area contributed by atoms with Crippen molar-refractivity contribution in [3.63, 3.8) is 0 Å². The molecule has 1 saturated heterocycles. The first kappa shape index (κ1) is 21.9. The molecule has 11 heteroatoms. The van der Waals surface area contributed by atoms with Crippen LogP contribution in [0.4, 0.5) is 13.2 Å². The summed E-state index contributed by atoms with van der Waals surface area (Å²) in [6, 6.07) is 12.8. The third-order valence-corrected chi connectivity index (χ3v) is 5.33. The molecule has 1 unspecified atom stereocenters. The Balaban J connectivity index is 2.08. The summed E-state index contributed by atoms with van der Waals surface area (Å²) in [7, 11) is 0. The van der Waals surface area contributed by atoms with Crippen molar-refractivity contribution in [3.8, 4) is 5.75 Å². The fourth-order valence-corrected chi connectivity index (χ4v) is 4.14. The molecule has 1 fully saturated rings. The van der Waals surface area contributed by atoms with Crippen molar-refractivity contribution in [2.75, 3.05) is 13.2 Å². The molecule has 1 aliphatic heterocycles. The van der Waals surface area contributed by atoms with Crippen LogP contribution in [-0.4, -0.2) is 34.7 Å². The van der Waals surface area contributed by atoms with Crippen LogP contribution in [0.15, 0.2) is 53.0 Å². The van der Waals surface area contributed by atoms with Crippen molar-refractivity contribution in [2.45, 2.75) is 11.9 Å². The fourth-order valence-electron chi connectivity index (χ4n) is 2.96. The highest BCUT2D eigenvalue weighted by molar-refractivity contribution is 9.10. The normalized spacial score (nSPS) is 19.4. The number of benzene rings is 2. The Labute approximate surface area is 184 Å². The zero-order valence-corrected chi connectivity index (χ0v) is 17.9. The summed E-state index contributed by atoms with van der Waals surface area (Å²) in [5.41, 5.74) is 5.67. The maximum atomic E-state index is 12.5. The lowest BCUT2D eigenvalue weighted by Crippen LogP contribution is -2.44. The van der Waals surface area contributed by atoms with Gasteiger partial charge in [0.1, 0.15) is 16.3 Å². The van der Waals surface area contributed by atoms with Gasteiger partial charge in [-0.1, -0.05) is 52.4 Å².